The first-order valence-electron chi connectivity index (χ1n) is 6.61. The lowest BCUT2D eigenvalue weighted by atomic mass is 10.1. The molecule has 1 unspecified atom stereocenters. The number of aliphatic carboxylic acids is 1. The number of carbonyl (C=O) groups is 2. The number of aryl methyl sites for hydroxylation is 1. The second kappa shape index (κ2) is 6.21. The highest BCUT2D eigenvalue weighted by Crippen LogP contribution is 2.24. The highest BCUT2D eigenvalue weighted by molar-refractivity contribution is 5.95. The monoisotopic (exact) mass is 287 g/mol. The quantitative estimate of drug-likeness (QED) is 0.749. The molecule has 0 saturated heterocycles. The van der Waals surface area contributed by atoms with Crippen molar-refractivity contribution >= 4 is 28.5 Å². The number of fused-ring (bicyclic) bond motifs is 1. The molecule has 0 bridgehead atoms. The first-order valence-corrected chi connectivity index (χ1v) is 6.61. The fraction of sp³-hybridized carbons (Fsp3) is 0.267. The maximum absolute atomic E-state index is 11.3. The van der Waals surface area contributed by atoms with Gasteiger partial charge in [0, 0.05) is 18.0 Å². The van der Waals surface area contributed by atoms with Gasteiger partial charge >= 0.3 is 5.97 Å². The van der Waals surface area contributed by atoms with Crippen LogP contribution in [0.4, 0.5) is 5.82 Å². The van der Waals surface area contributed by atoms with Crippen LogP contribution in [0, 0.1) is 6.92 Å². The fourth-order valence-corrected chi connectivity index (χ4v) is 2.16. The van der Waals surface area contributed by atoms with Crippen molar-refractivity contribution in [3.8, 4) is 0 Å². The van der Waals surface area contributed by atoms with E-state index in [1.165, 1.54) is 0 Å². The molecule has 110 valence electrons. The van der Waals surface area contributed by atoms with Crippen molar-refractivity contribution in [2.45, 2.75) is 25.8 Å². The summed E-state index contributed by atoms with van der Waals surface area (Å²) in [5.74, 6) is -1.07. The van der Waals surface area contributed by atoms with Gasteiger partial charge in [0.25, 0.3) is 0 Å². The Morgan fingerprint density at radius 2 is 2.00 bits per heavy atom. The highest BCUT2D eigenvalue weighted by atomic mass is 16.4. The van der Waals surface area contributed by atoms with Crippen LogP contribution < -0.4 is 11.1 Å². The molecule has 1 atom stereocenters. The Hall–Kier alpha value is -2.63. The lowest BCUT2D eigenvalue weighted by Gasteiger charge is -2.16. The average Bonchev–Trinajstić information content (AvgIpc) is 2.45. The van der Waals surface area contributed by atoms with Crippen molar-refractivity contribution in [2.75, 3.05) is 5.32 Å². The molecule has 0 aliphatic carbocycles. The van der Waals surface area contributed by atoms with Crippen LogP contribution in [0.3, 0.4) is 0 Å². The van der Waals surface area contributed by atoms with Gasteiger partial charge in [0.2, 0.25) is 5.91 Å². The van der Waals surface area contributed by atoms with Gasteiger partial charge in [-0.05, 0) is 24.3 Å². The Labute approximate surface area is 122 Å². The molecule has 1 amide bonds. The molecule has 6 nitrogen and oxygen atoms in total. The van der Waals surface area contributed by atoms with Crippen LogP contribution in [0.25, 0.3) is 10.8 Å². The predicted molar refractivity (Wildman–Crippen MR) is 80.0 cm³/mol. The summed E-state index contributed by atoms with van der Waals surface area (Å²) in [7, 11) is 0. The lowest BCUT2D eigenvalue weighted by molar-refractivity contribution is -0.138. The molecule has 6 heteroatoms. The summed E-state index contributed by atoms with van der Waals surface area (Å²) < 4.78 is 0. The Morgan fingerprint density at radius 1 is 1.33 bits per heavy atom. The molecule has 0 radical (unpaired) electrons. The highest BCUT2D eigenvalue weighted by Gasteiger charge is 2.19. The molecular formula is C15H17N3O3. The SMILES string of the molecule is Cc1cnc(NC(CCC(N)=O)C(=O)O)c2ccccc12. The van der Waals surface area contributed by atoms with Crippen molar-refractivity contribution < 1.29 is 14.7 Å². The second-order valence-corrected chi connectivity index (χ2v) is 4.88. The van der Waals surface area contributed by atoms with Gasteiger partial charge < -0.3 is 16.2 Å². The number of benzene rings is 1. The molecule has 2 rings (SSSR count). The minimum Gasteiger partial charge on any atom is -0.480 e. The van der Waals surface area contributed by atoms with E-state index in [9.17, 15) is 14.7 Å². The molecule has 2 aromatic rings. The number of hydrogen-bond donors (Lipinski definition) is 3. The van der Waals surface area contributed by atoms with Crippen LogP contribution in [0.2, 0.25) is 0 Å². The molecule has 4 N–H and O–H groups in total. The van der Waals surface area contributed by atoms with E-state index in [2.05, 4.69) is 10.3 Å². The Kier molecular flexibility index (Phi) is 4.37. The van der Waals surface area contributed by atoms with E-state index in [-0.39, 0.29) is 12.8 Å². The normalized spacial score (nSPS) is 12.0. The first-order chi connectivity index (χ1) is 9.99. The topological polar surface area (TPSA) is 105 Å². The van der Waals surface area contributed by atoms with E-state index in [1.807, 2.05) is 31.2 Å². The van der Waals surface area contributed by atoms with Gasteiger partial charge in [0.1, 0.15) is 11.9 Å². The number of nitrogens with one attached hydrogen (secondary N) is 1. The third-order valence-electron chi connectivity index (χ3n) is 3.28. The Morgan fingerprint density at radius 3 is 2.62 bits per heavy atom. The zero-order valence-electron chi connectivity index (χ0n) is 11.7. The van der Waals surface area contributed by atoms with E-state index in [0.29, 0.717) is 5.82 Å². The number of nitrogens with zero attached hydrogens (tertiary/aromatic N) is 1. The zero-order chi connectivity index (χ0) is 15.4. The minimum absolute atomic E-state index is 0.00770. The third kappa shape index (κ3) is 3.47. The van der Waals surface area contributed by atoms with Gasteiger partial charge in [0.15, 0.2) is 0 Å². The van der Waals surface area contributed by atoms with E-state index in [1.54, 1.807) is 6.20 Å². The maximum Gasteiger partial charge on any atom is 0.326 e. The molecule has 0 saturated carbocycles. The number of carbonyl (C=O) groups excluding carboxylic acids is 1. The molecule has 1 aromatic heterocycles. The average molecular weight is 287 g/mol. The van der Waals surface area contributed by atoms with E-state index < -0.39 is 17.9 Å². The number of primary amides is 1. The maximum atomic E-state index is 11.3. The largest absolute Gasteiger partial charge is 0.480 e. The second-order valence-electron chi connectivity index (χ2n) is 4.88. The van der Waals surface area contributed by atoms with Gasteiger partial charge in [-0.15, -0.1) is 0 Å². The third-order valence-corrected chi connectivity index (χ3v) is 3.28. The van der Waals surface area contributed by atoms with Gasteiger partial charge in [-0.2, -0.15) is 0 Å². The molecule has 0 aliphatic rings. The Bertz CT molecular complexity index is 685. The van der Waals surface area contributed by atoms with Crippen molar-refractivity contribution in [3.63, 3.8) is 0 Å². The summed E-state index contributed by atoms with van der Waals surface area (Å²) in [6.45, 7) is 1.95. The van der Waals surface area contributed by atoms with Crippen molar-refractivity contribution in [1.29, 1.82) is 0 Å². The summed E-state index contributed by atoms with van der Waals surface area (Å²) in [4.78, 5) is 26.4. The summed E-state index contributed by atoms with van der Waals surface area (Å²) >= 11 is 0. The summed E-state index contributed by atoms with van der Waals surface area (Å²) in [6.07, 6.45) is 1.82. The van der Waals surface area contributed by atoms with Crippen LogP contribution in [0.15, 0.2) is 30.5 Å². The molecule has 1 heterocycles. The predicted octanol–water partition coefficient (Wildman–Crippen LogP) is 1.67. The van der Waals surface area contributed by atoms with Crippen molar-refractivity contribution in [1.82, 2.24) is 4.98 Å². The van der Waals surface area contributed by atoms with Crippen LogP contribution in [-0.4, -0.2) is 28.0 Å². The minimum atomic E-state index is -1.04. The van der Waals surface area contributed by atoms with E-state index >= 15 is 0 Å². The van der Waals surface area contributed by atoms with Crippen LogP contribution in [0.1, 0.15) is 18.4 Å². The van der Waals surface area contributed by atoms with E-state index in [0.717, 1.165) is 16.3 Å². The number of amides is 1. The first kappa shape index (κ1) is 14.8. The van der Waals surface area contributed by atoms with Crippen LogP contribution >= 0.6 is 0 Å². The lowest BCUT2D eigenvalue weighted by Crippen LogP contribution is -2.31. The number of pyridine rings is 1. The van der Waals surface area contributed by atoms with Gasteiger partial charge in [-0.25, -0.2) is 9.78 Å². The molecule has 0 spiro atoms. The molecule has 21 heavy (non-hydrogen) atoms. The van der Waals surface area contributed by atoms with Crippen LogP contribution in [-0.2, 0) is 9.59 Å². The molecule has 0 aliphatic heterocycles. The molecule has 0 fully saturated rings. The molecular weight excluding hydrogens is 270 g/mol. The number of nitrogens with two attached hydrogens (primary N) is 1. The van der Waals surface area contributed by atoms with Crippen molar-refractivity contribution in [2.24, 2.45) is 5.73 Å². The number of carboxylic acids is 1. The summed E-state index contributed by atoms with van der Waals surface area (Å²) in [6, 6.07) is 6.71. The fourth-order valence-electron chi connectivity index (χ4n) is 2.16. The Balaban J connectivity index is 2.31. The number of carboxylic acid groups (broad SMARTS) is 1. The molecule has 1 aromatic carbocycles. The summed E-state index contributed by atoms with van der Waals surface area (Å²) in [5.41, 5.74) is 6.08. The number of aromatic nitrogens is 1. The van der Waals surface area contributed by atoms with Crippen molar-refractivity contribution in [3.05, 3.63) is 36.0 Å². The van der Waals surface area contributed by atoms with Gasteiger partial charge in [-0.1, -0.05) is 24.3 Å². The standard InChI is InChI=1S/C15H17N3O3/c1-9-8-17-14(11-5-3-2-4-10(9)11)18-12(15(20)21)6-7-13(16)19/h2-5,8,12H,6-7H2,1H3,(H2,16,19)(H,17,18)(H,20,21). The van der Waals surface area contributed by atoms with Gasteiger partial charge in [-0.3, -0.25) is 4.79 Å². The smallest absolute Gasteiger partial charge is 0.326 e. The summed E-state index contributed by atoms with van der Waals surface area (Å²) in [5, 5.41) is 14.0. The number of hydrogen-bond acceptors (Lipinski definition) is 4. The van der Waals surface area contributed by atoms with E-state index in [4.69, 9.17) is 5.73 Å². The van der Waals surface area contributed by atoms with Crippen LogP contribution in [0.5, 0.6) is 0 Å². The number of rotatable bonds is 6. The number of anilines is 1. The van der Waals surface area contributed by atoms with Gasteiger partial charge in [0.05, 0.1) is 0 Å². The zero-order valence-corrected chi connectivity index (χ0v) is 11.7.